The van der Waals surface area contributed by atoms with Crippen LogP contribution in [-0.4, -0.2) is 39.7 Å². The Morgan fingerprint density at radius 3 is 2.39 bits per heavy atom. The molecule has 0 aliphatic carbocycles. The average molecular weight is 443 g/mol. The van der Waals surface area contributed by atoms with Crippen molar-refractivity contribution < 1.29 is 22.7 Å². The SMILES string of the molecule is COC(=O)C(NC(=O)/C=C/c1ccc(N2CCCS2(=O)=O)cc1)c1ccc(C)c(C)c1. The maximum atomic E-state index is 12.4. The Morgan fingerprint density at radius 2 is 1.81 bits per heavy atom. The Kier molecular flexibility index (Phi) is 6.80. The third-order valence-corrected chi connectivity index (χ3v) is 7.16. The van der Waals surface area contributed by atoms with Crippen LogP contribution >= 0.6 is 0 Å². The predicted molar refractivity (Wildman–Crippen MR) is 120 cm³/mol. The second kappa shape index (κ2) is 9.34. The maximum Gasteiger partial charge on any atom is 0.333 e. The Labute approximate surface area is 182 Å². The molecule has 2 aromatic rings. The number of methoxy groups -OCH3 is 1. The van der Waals surface area contributed by atoms with Crippen molar-refractivity contribution in [2.45, 2.75) is 26.3 Å². The van der Waals surface area contributed by atoms with E-state index in [1.165, 1.54) is 17.5 Å². The molecule has 1 N–H and O–H groups in total. The van der Waals surface area contributed by atoms with E-state index in [0.717, 1.165) is 16.7 Å². The Bertz CT molecular complexity index is 1110. The van der Waals surface area contributed by atoms with Crippen molar-refractivity contribution in [3.63, 3.8) is 0 Å². The molecule has 31 heavy (non-hydrogen) atoms. The summed E-state index contributed by atoms with van der Waals surface area (Å²) in [4.78, 5) is 24.7. The first-order valence-corrected chi connectivity index (χ1v) is 11.6. The van der Waals surface area contributed by atoms with Gasteiger partial charge in [-0.05, 0) is 60.7 Å². The van der Waals surface area contributed by atoms with Gasteiger partial charge in [0.25, 0.3) is 0 Å². The number of carbonyl (C=O) groups excluding carboxylic acids is 2. The number of sulfonamides is 1. The lowest BCUT2D eigenvalue weighted by Crippen LogP contribution is -2.33. The zero-order valence-corrected chi connectivity index (χ0v) is 18.6. The third-order valence-electron chi connectivity index (χ3n) is 5.30. The van der Waals surface area contributed by atoms with E-state index in [1.54, 1.807) is 36.4 Å². The number of hydrogen-bond donors (Lipinski definition) is 1. The summed E-state index contributed by atoms with van der Waals surface area (Å²) < 4.78 is 30.3. The van der Waals surface area contributed by atoms with E-state index in [9.17, 15) is 18.0 Å². The minimum absolute atomic E-state index is 0.163. The summed E-state index contributed by atoms with van der Waals surface area (Å²) >= 11 is 0. The van der Waals surface area contributed by atoms with E-state index in [0.29, 0.717) is 24.2 Å². The van der Waals surface area contributed by atoms with Crippen LogP contribution in [0.1, 0.15) is 34.7 Å². The fourth-order valence-corrected chi connectivity index (χ4v) is 4.95. The quantitative estimate of drug-likeness (QED) is 0.549. The molecule has 1 aliphatic heterocycles. The zero-order valence-electron chi connectivity index (χ0n) is 17.8. The minimum Gasteiger partial charge on any atom is -0.467 e. The molecule has 0 bridgehead atoms. The summed E-state index contributed by atoms with van der Waals surface area (Å²) in [6, 6.07) is 11.5. The number of anilines is 1. The van der Waals surface area contributed by atoms with Crippen molar-refractivity contribution in [1.29, 1.82) is 0 Å². The first-order chi connectivity index (χ1) is 14.7. The first kappa shape index (κ1) is 22.6. The van der Waals surface area contributed by atoms with E-state index in [1.807, 2.05) is 26.0 Å². The molecule has 8 heteroatoms. The summed E-state index contributed by atoms with van der Waals surface area (Å²) in [6.07, 6.45) is 3.55. The number of amides is 1. The standard InChI is InChI=1S/C23H26N2O5S/c1-16-5-9-19(15-17(16)2)22(23(27)30-3)24-21(26)12-8-18-6-10-20(11-7-18)25-13-4-14-31(25,28)29/h5-12,15,22H,4,13-14H2,1-3H3,(H,24,26)/b12-8+. The van der Waals surface area contributed by atoms with Gasteiger partial charge in [0.05, 0.1) is 18.6 Å². The molecule has 164 valence electrons. The Balaban J connectivity index is 1.70. The van der Waals surface area contributed by atoms with Gasteiger partial charge in [0.1, 0.15) is 0 Å². The molecule has 1 aliphatic rings. The summed E-state index contributed by atoms with van der Waals surface area (Å²) in [6.45, 7) is 4.39. The van der Waals surface area contributed by atoms with E-state index < -0.39 is 27.9 Å². The van der Waals surface area contributed by atoms with Gasteiger partial charge in [0.2, 0.25) is 15.9 Å². The van der Waals surface area contributed by atoms with Gasteiger partial charge in [-0.15, -0.1) is 0 Å². The number of ether oxygens (including phenoxy) is 1. The summed E-state index contributed by atoms with van der Waals surface area (Å²) in [5, 5.41) is 2.68. The zero-order chi connectivity index (χ0) is 22.6. The average Bonchev–Trinajstić information content (AvgIpc) is 3.11. The minimum atomic E-state index is -3.23. The fourth-order valence-electron chi connectivity index (χ4n) is 3.38. The van der Waals surface area contributed by atoms with Crippen molar-refractivity contribution in [2.24, 2.45) is 0 Å². The lowest BCUT2D eigenvalue weighted by Gasteiger charge is -2.17. The molecule has 1 atom stereocenters. The van der Waals surface area contributed by atoms with Gasteiger partial charge in [0.15, 0.2) is 6.04 Å². The topological polar surface area (TPSA) is 92.8 Å². The van der Waals surface area contributed by atoms with E-state index in [2.05, 4.69) is 5.32 Å². The molecule has 1 heterocycles. The maximum absolute atomic E-state index is 12.4. The molecule has 0 radical (unpaired) electrons. The van der Waals surface area contributed by atoms with Gasteiger partial charge >= 0.3 is 5.97 Å². The highest BCUT2D eigenvalue weighted by Gasteiger charge is 2.28. The van der Waals surface area contributed by atoms with Crippen LogP contribution in [0.2, 0.25) is 0 Å². The highest BCUT2D eigenvalue weighted by molar-refractivity contribution is 7.93. The molecule has 1 amide bonds. The monoisotopic (exact) mass is 442 g/mol. The summed E-state index contributed by atoms with van der Waals surface area (Å²) in [5.74, 6) is -0.836. The third kappa shape index (κ3) is 5.32. The summed E-state index contributed by atoms with van der Waals surface area (Å²) in [5.41, 5.74) is 4.09. The van der Waals surface area contributed by atoms with Crippen LogP contribution in [0.15, 0.2) is 48.5 Å². The number of rotatable bonds is 6. The van der Waals surface area contributed by atoms with Crippen molar-refractivity contribution in [3.05, 3.63) is 70.8 Å². The number of esters is 1. The molecule has 7 nitrogen and oxygen atoms in total. The van der Waals surface area contributed by atoms with Crippen molar-refractivity contribution in [1.82, 2.24) is 5.32 Å². The number of aryl methyl sites for hydroxylation is 2. The van der Waals surface area contributed by atoms with Crippen molar-refractivity contribution in [2.75, 3.05) is 23.7 Å². The lowest BCUT2D eigenvalue weighted by molar-refractivity contribution is -0.144. The van der Waals surface area contributed by atoms with Gasteiger partial charge in [-0.1, -0.05) is 30.3 Å². The Hall–Kier alpha value is -3.13. The van der Waals surface area contributed by atoms with E-state index in [4.69, 9.17) is 4.74 Å². The second-order valence-corrected chi connectivity index (χ2v) is 9.49. The van der Waals surface area contributed by atoms with Gasteiger partial charge in [0, 0.05) is 12.6 Å². The number of carbonyl (C=O) groups is 2. The van der Waals surface area contributed by atoms with Crippen molar-refractivity contribution >= 4 is 33.7 Å². The molecule has 3 rings (SSSR count). The predicted octanol–water partition coefficient (Wildman–Crippen LogP) is 2.89. The molecular formula is C23H26N2O5S. The Morgan fingerprint density at radius 1 is 1.10 bits per heavy atom. The van der Waals surface area contributed by atoms with Crippen LogP contribution in [0.4, 0.5) is 5.69 Å². The first-order valence-electron chi connectivity index (χ1n) is 9.95. The van der Waals surface area contributed by atoms with Gasteiger partial charge in [-0.2, -0.15) is 0 Å². The molecule has 0 saturated carbocycles. The van der Waals surface area contributed by atoms with Gasteiger partial charge in [-0.25, -0.2) is 13.2 Å². The number of nitrogens with one attached hydrogen (secondary N) is 1. The highest BCUT2D eigenvalue weighted by atomic mass is 32.2. The van der Waals surface area contributed by atoms with Crippen LogP contribution < -0.4 is 9.62 Å². The molecule has 0 aromatic heterocycles. The molecule has 1 unspecified atom stereocenters. The molecule has 0 spiro atoms. The molecular weight excluding hydrogens is 416 g/mol. The van der Waals surface area contributed by atoms with E-state index in [-0.39, 0.29) is 5.75 Å². The smallest absolute Gasteiger partial charge is 0.333 e. The molecule has 2 aromatic carbocycles. The van der Waals surface area contributed by atoms with Gasteiger partial charge in [-0.3, -0.25) is 9.10 Å². The van der Waals surface area contributed by atoms with Crippen LogP contribution in [0, 0.1) is 13.8 Å². The van der Waals surface area contributed by atoms with Crippen LogP contribution in [0.5, 0.6) is 0 Å². The number of nitrogens with zero attached hydrogens (tertiary/aromatic N) is 1. The van der Waals surface area contributed by atoms with E-state index >= 15 is 0 Å². The molecule has 1 saturated heterocycles. The van der Waals surface area contributed by atoms with Crippen LogP contribution in [-0.2, 0) is 24.3 Å². The van der Waals surface area contributed by atoms with Crippen LogP contribution in [0.25, 0.3) is 6.08 Å². The normalized spacial score (nSPS) is 16.3. The number of hydrogen-bond acceptors (Lipinski definition) is 5. The van der Waals surface area contributed by atoms with Gasteiger partial charge < -0.3 is 10.1 Å². The number of benzene rings is 2. The second-order valence-electron chi connectivity index (χ2n) is 7.48. The molecule has 1 fully saturated rings. The summed E-state index contributed by atoms with van der Waals surface area (Å²) in [7, 11) is -1.95. The lowest BCUT2D eigenvalue weighted by atomic mass is 10.0. The van der Waals surface area contributed by atoms with Crippen LogP contribution in [0.3, 0.4) is 0 Å². The van der Waals surface area contributed by atoms with Crippen molar-refractivity contribution in [3.8, 4) is 0 Å². The largest absolute Gasteiger partial charge is 0.467 e. The highest BCUT2D eigenvalue weighted by Crippen LogP contribution is 2.24. The fraction of sp³-hybridized carbons (Fsp3) is 0.304.